The van der Waals surface area contributed by atoms with Crippen LogP contribution in [0.5, 0.6) is 0 Å². The molecule has 2 aromatic rings. The van der Waals surface area contributed by atoms with E-state index < -0.39 is 0 Å². The first-order valence-electron chi connectivity index (χ1n) is 11.9. The zero-order chi connectivity index (χ0) is 24.6. The molecule has 0 radical (unpaired) electrons. The molecule has 2 aliphatic rings. The first-order valence-corrected chi connectivity index (χ1v) is 11.9. The predicted molar refractivity (Wildman–Crippen MR) is 141 cm³/mol. The maximum atomic E-state index is 12.3. The molecule has 0 N–H and O–H groups in total. The van der Waals surface area contributed by atoms with Crippen molar-refractivity contribution in [1.29, 1.82) is 0 Å². The molecule has 180 valence electrons. The average Bonchev–Trinajstić information content (AvgIpc) is 3.32. The molecule has 0 unspecified atom stereocenters. The average molecular weight is 453 g/mol. The van der Waals surface area contributed by atoms with Crippen molar-refractivity contribution in [3.05, 3.63) is 66.1 Å². The number of likely N-dealkylation sites (N-methyl/N-ethyl adjacent to an activating group) is 1. The minimum absolute atomic E-state index is 0.132. The maximum Gasteiger partial charge on any atom is 0.129 e. The van der Waals surface area contributed by atoms with Crippen LogP contribution in [0.1, 0.15) is 44.4 Å². The standard InChI is InChI=1S/C17H26N4.C7H7F.C2H6.C2H2/c1-15(20-10-3-4-11-20)16-7-5-8-17(18-16)21-12-6-9-19(2)13-14-21;1-6-4-2-3-5-7(6)8;2*1-2/h5,7-8H,1,3-4,6,9-14H2,2H3;2-5H,1H3;1-2H3;1-2H. The molecule has 0 spiro atoms. The van der Waals surface area contributed by atoms with Crippen LogP contribution in [0.2, 0.25) is 0 Å². The van der Waals surface area contributed by atoms with Crippen molar-refractivity contribution in [1.82, 2.24) is 14.8 Å². The fourth-order valence-corrected chi connectivity index (χ4v) is 3.74. The van der Waals surface area contributed by atoms with Crippen molar-refractivity contribution in [3.8, 4) is 12.8 Å². The van der Waals surface area contributed by atoms with Crippen LogP contribution < -0.4 is 4.90 Å². The monoisotopic (exact) mass is 452 g/mol. The van der Waals surface area contributed by atoms with E-state index in [0.29, 0.717) is 5.56 Å². The molecule has 1 aromatic heterocycles. The Morgan fingerprint density at radius 1 is 0.879 bits per heavy atom. The van der Waals surface area contributed by atoms with Crippen LogP contribution in [0, 0.1) is 25.6 Å². The van der Waals surface area contributed by atoms with E-state index in [9.17, 15) is 4.39 Å². The lowest BCUT2D eigenvalue weighted by Gasteiger charge is -2.24. The quantitative estimate of drug-likeness (QED) is 0.557. The highest BCUT2D eigenvalue weighted by atomic mass is 19.1. The van der Waals surface area contributed by atoms with Gasteiger partial charge in [0.25, 0.3) is 0 Å². The van der Waals surface area contributed by atoms with Gasteiger partial charge in [-0.3, -0.25) is 0 Å². The summed E-state index contributed by atoms with van der Waals surface area (Å²) < 4.78 is 12.3. The smallest absolute Gasteiger partial charge is 0.129 e. The number of benzene rings is 1. The number of hydrogen-bond acceptors (Lipinski definition) is 4. The van der Waals surface area contributed by atoms with E-state index in [1.807, 2.05) is 19.9 Å². The topological polar surface area (TPSA) is 22.6 Å². The number of rotatable bonds is 3. The van der Waals surface area contributed by atoms with E-state index in [2.05, 4.69) is 59.4 Å². The Morgan fingerprint density at radius 2 is 1.55 bits per heavy atom. The van der Waals surface area contributed by atoms with Crippen molar-refractivity contribution in [2.45, 2.75) is 40.0 Å². The molecule has 0 atom stereocenters. The molecule has 4 rings (SSSR count). The van der Waals surface area contributed by atoms with Crippen LogP contribution in [0.25, 0.3) is 5.70 Å². The lowest BCUT2D eigenvalue weighted by atomic mass is 10.2. The van der Waals surface area contributed by atoms with Crippen LogP contribution in [0.15, 0.2) is 49.0 Å². The Morgan fingerprint density at radius 3 is 2.15 bits per heavy atom. The van der Waals surface area contributed by atoms with Crippen molar-refractivity contribution in [2.24, 2.45) is 0 Å². The van der Waals surface area contributed by atoms with Gasteiger partial charge in [0.1, 0.15) is 11.6 Å². The van der Waals surface area contributed by atoms with E-state index in [4.69, 9.17) is 4.98 Å². The first kappa shape index (κ1) is 28.2. The predicted octanol–water partition coefficient (Wildman–Crippen LogP) is 5.70. The lowest BCUT2D eigenvalue weighted by molar-refractivity contribution is 0.360. The first-order chi connectivity index (χ1) is 16.0. The minimum Gasteiger partial charge on any atom is -0.370 e. The normalized spacial score (nSPS) is 15.6. The molecule has 0 aliphatic carbocycles. The third-order valence-corrected chi connectivity index (χ3v) is 5.64. The largest absolute Gasteiger partial charge is 0.370 e. The summed E-state index contributed by atoms with van der Waals surface area (Å²) in [6.07, 6.45) is 11.8. The van der Waals surface area contributed by atoms with Gasteiger partial charge < -0.3 is 14.7 Å². The molecule has 33 heavy (non-hydrogen) atoms. The molecule has 2 aliphatic heterocycles. The number of anilines is 1. The number of terminal acetylenes is 1. The lowest BCUT2D eigenvalue weighted by Crippen LogP contribution is -2.29. The van der Waals surface area contributed by atoms with Gasteiger partial charge in [0.15, 0.2) is 0 Å². The van der Waals surface area contributed by atoms with E-state index in [-0.39, 0.29) is 5.82 Å². The van der Waals surface area contributed by atoms with Crippen LogP contribution >= 0.6 is 0 Å². The summed E-state index contributed by atoms with van der Waals surface area (Å²) in [5.41, 5.74) is 2.82. The van der Waals surface area contributed by atoms with E-state index in [0.717, 1.165) is 49.9 Å². The molecule has 2 saturated heterocycles. The van der Waals surface area contributed by atoms with Crippen LogP contribution in [-0.2, 0) is 0 Å². The van der Waals surface area contributed by atoms with Crippen molar-refractivity contribution >= 4 is 11.5 Å². The second-order valence-electron chi connectivity index (χ2n) is 7.91. The van der Waals surface area contributed by atoms with E-state index in [1.165, 1.54) is 31.9 Å². The van der Waals surface area contributed by atoms with Gasteiger partial charge in [0, 0.05) is 32.7 Å². The Hall–Kier alpha value is -2.84. The highest BCUT2D eigenvalue weighted by Gasteiger charge is 2.18. The van der Waals surface area contributed by atoms with Gasteiger partial charge in [0.2, 0.25) is 0 Å². The summed E-state index contributed by atoms with van der Waals surface area (Å²) in [7, 11) is 2.20. The SMILES string of the molecule is C#C.C=C(c1cccc(N2CCCN(C)CC2)n1)N1CCCC1.CC.Cc1ccccc1F. The summed E-state index contributed by atoms with van der Waals surface area (Å²) in [6, 6.07) is 13.0. The van der Waals surface area contributed by atoms with Crippen LogP contribution in [0.3, 0.4) is 0 Å². The summed E-state index contributed by atoms with van der Waals surface area (Å²) in [6.45, 7) is 16.7. The highest BCUT2D eigenvalue weighted by molar-refractivity contribution is 5.60. The van der Waals surface area contributed by atoms with Gasteiger partial charge in [-0.25, -0.2) is 9.37 Å². The van der Waals surface area contributed by atoms with Gasteiger partial charge in [-0.1, -0.05) is 44.7 Å². The zero-order valence-electron chi connectivity index (χ0n) is 20.9. The second-order valence-corrected chi connectivity index (χ2v) is 7.91. The Bertz CT molecular complexity index is 822. The van der Waals surface area contributed by atoms with Gasteiger partial charge >= 0.3 is 0 Å². The Balaban J connectivity index is 0.000000380. The summed E-state index contributed by atoms with van der Waals surface area (Å²) in [5.74, 6) is 0.968. The molecule has 5 heteroatoms. The van der Waals surface area contributed by atoms with Gasteiger partial charge in [-0.2, -0.15) is 0 Å². The fraction of sp³-hybridized carbons (Fsp3) is 0.464. The van der Waals surface area contributed by atoms with Crippen molar-refractivity contribution < 1.29 is 4.39 Å². The number of aryl methyl sites for hydroxylation is 1. The number of hydrogen-bond donors (Lipinski definition) is 0. The number of likely N-dealkylation sites (tertiary alicyclic amines) is 1. The zero-order valence-corrected chi connectivity index (χ0v) is 20.9. The summed E-state index contributed by atoms with van der Waals surface area (Å²) in [5, 5.41) is 0. The fourth-order valence-electron chi connectivity index (χ4n) is 3.74. The summed E-state index contributed by atoms with van der Waals surface area (Å²) in [4.78, 5) is 12.0. The molecular formula is C28H41FN4. The minimum atomic E-state index is -0.132. The van der Waals surface area contributed by atoms with Crippen LogP contribution in [0.4, 0.5) is 10.2 Å². The van der Waals surface area contributed by atoms with Crippen LogP contribution in [-0.4, -0.2) is 61.1 Å². The van der Waals surface area contributed by atoms with E-state index >= 15 is 0 Å². The molecule has 2 fully saturated rings. The second kappa shape index (κ2) is 15.9. The third-order valence-electron chi connectivity index (χ3n) is 5.64. The van der Waals surface area contributed by atoms with Crippen molar-refractivity contribution in [2.75, 3.05) is 51.2 Å². The number of nitrogens with zero attached hydrogens (tertiary/aromatic N) is 4. The Labute approximate surface area is 201 Å². The van der Waals surface area contributed by atoms with E-state index in [1.54, 1.807) is 19.1 Å². The molecule has 3 heterocycles. The number of aromatic nitrogens is 1. The molecule has 4 nitrogen and oxygen atoms in total. The summed E-state index contributed by atoms with van der Waals surface area (Å²) >= 11 is 0. The van der Waals surface area contributed by atoms with Gasteiger partial charge in [-0.05, 0) is 63.5 Å². The number of pyridine rings is 1. The molecular weight excluding hydrogens is 411 g/mol. The maximum absolute atomic E-state index is 12.3. The Kier molecular flexibility index (Phi) is 13.6. The van der Waals surface area contributed by atoms with Crippen molar-refractivity contribution in [3.63, 3.8) is 0 Å². The molecule has 0 amide bonds. The third kappa shape index (κ3) is 9.27. The molecule has 1 aromatic carbocycles. The number of halogens is 1. The van der Waals surface area contributed by atoms with Gasteiger partial charge in [-0.15, -0.1) is 12.8 Å². The molecule has 0 bridgehead atoms. The highest BCUT2D eigenvalue weighted by Crippen LogP contribution is 2.23. The molecule has 0 saturated carbocycles. The van der Waals surface area contributed by atoms with Gasteiger partial charge in [0.05, 0.1) is 11.4 Å².